The first kappa shape index (κ1) is 25.2. The zero-order valence-electron chi connectivity index (χ0n) is 18.5. The Bertz CT molecular complexity index is 1330. The summed E-state index contributed by atoms with van der Waals surface area (Å²) in [5, 5.41) is 1.28. The van der Waals surface area contributed by atoms with Crippen molar-refractivity contribution in [1.82, 2.24) is 9.62 Å². The maximum Gasteiger partial charge on any atom is 0.240 e. The van der Waals surface area contributed by atoms with Crippen molar-refractivity contribution in [3.05, 3.63) is 94.0 Å². The largest absolute Gasteiger partial charge is 0.286 e. The number of halogens is 2. The Morgan fingerprint density at radius 1 is 0.794 bits per heavy atom. The third-order valence-corrected chi connectivity index (χ3v) is 9.22. The molecule has 180 valence electrons. The number of hydrogen-bond donors (Lipinski definition) is 1. The second-order valence-electron chi connectivity index (χ2n) is 8.41. The number of likely N-dealkylation sites (tertiary alicyclic amines) is 1. The quantitative estimate of drug-likeness (QED) is 0.477. The Balaban J connectivity index is 1.54. The molecule has 6 nitrogen and oxygen atoms in total. The third-order valence-electron chi connectivity index (χ3n) is 6.08. The van der Waals surface area contributed by atoms with Crippen LogP contribution in [0.1, 0.15) is 24.1 Å². The van der Waals surface area contributed by atoms with E-state index in [9.17, 15) is 16.8 Å². The molecule has 4 rings (SSSR count). The Morgan fingerprint density at radius 3 is 1.65 bits per heavy atom. The second kappa shape index (κ2) is 9.60. The van der Waals surface area contributed by atoms with Gasteiger partial charge in [0.15, 0.2) is 9.84 Å². The van der Waals surface area contributed by atoms with Gasteiger partial charge in [0.25, 0.3) is 0 Å². The highest BCUT2D eigenvalue weighted by molar-refractivity contribution is 7.90. The molecule has 3 aromatic carbocycles. The lowest BCUT2D eigenvalue weighted by molar-refractivity contribution is 0.0370. The summed E-state index contributed by atoms with van der Waals surface area (Å²) in [4.78, 5) is 2.31. The molecule has 0 aliphatic carbocycles. The summed E-state index contributed by atoms with van der Waals surface area (Å²) >= 11 is 12.2. The van der Waals surface area contributed by atoms with Gasteiger partial charge in [-0.15, -0.1) is 0 Å². The van der Waals surface area contributed by atoms with Crippen molar-refractivity contribution in [2.75, 3.05) is 12.8 Å². The van der Waals surface area contributed by atoms with Gasteiger partial charge < -0.3 is 0 Å². The average molecular weight is 540 g/mol. The number of nitrogens with zero attached hydrogens (tertiary/aromatic N) is 1. The number of sulfonamides is 1. The molecule has 0 radical (unpaired) electrons. The van der Waals surface area contributed by atoms with E-state index in [0.29, 0.717) is 16.6 Å². The molecule has 2 atom stereocenters. The Kier molecular flexibility index (Phi) is 7.11. The van der Waals surface area contributed by atoms with Crippen molar-refractivity contribution in [1.29, 1.82) is 0 Å². The molecule has 0 amide bonds. The standard InChI is InChI=1S/C24H24Cl2N2O4S2/c1-16-23(27-34(31,32)22-13-11-21(12-14-22)33(2,29)30)15-28(16)24(17-3-7-19(25)8-4-17)18-5-9-20(26)10-6-18/h3-14,16,23-24,27H,15H2,1-2H3. The number of sulfone groups is 1. The zero-order chi connectivity index (χ0) is 24.7. The molecule has 0 bridgehead atoms. The van der Waals surface area contributed by atoms with Crippen LogP contribution in [-0.2, 0) is 19.9 Å². The number of benzene rings is 3. The van der Waals surface area contributed by atoms with Crippen LogP contribution < -0.4 is 4.72 Å². The monoisotopic (exact) mass is 538 g/mol. The Labute approximate surface area is 210 Å². The summed E-state index contributed by atoms with van der Waals surface area (Å²) in [6.07, 6.45) is 1.08. The van der Waals surface area contributed by atoms with Crippen LogP contribution in [-0.4, -0.2) is 46.6 Å². The number of nitrogens with one attached hydrogen (secondary N) is 1. The maximum atomic E-state index is 12.9. The summed E-state index contributed by atoms with van der Waals surface area (Å²) < 4.78 is 51.9. The molecule has 1 aliphatic rings. The first-order chi connectivity index (χ1) is 16.0. The molecule has 1 N–H and O–H groups in total. The van der Waals surface area contributed by atoms with Gasteiger partial charge in [-0.1, -0.05) is 47.5 Å². The molecule has 0 aromatic heterocycles. The topological polar surface area (TPSA) is 83.5 Å². The molecule has 1 fully saturated rings. The van der Waals surface area contributed by atoms with E-state index in [1.54, 1.807) is 0 Å². The summed E-state index contributed by atoms with van der Waals surface area (Å²) in [6, 6.07) is 19.9. The van der Waals surface area contributed by atoms with E-state index in [1.165, 1.54) is 24.3 Å². The molecule has 10 heteroatoms. The van der Waals surface area contributed by atoms with Gasteiger partial charge in [-0.05, 0) is 66.6 Å². The van der Waals surface area contributed by atoms with Crippen LogP contribution in [0.3, 0.4) is 0 Å². The smallest absolute Gasteiger partial charge is 0.240 e. The van der Waals surface area contributed by atoms with E-state index >= 15 is 0 Å². The van der Waals surface area contributed by atoms with Gasteiger partial charge in [-0.3, -0.25) is 4.90 Å². The van der Waals surface area contributed by atoms with Crippen molar-refractivity contribution < 1.29 is 16.8 Å². The van der Waals surface area contributed by atoms with Crippen LogP contribution in [0, 0.1) is 0 Å². The zero-order valence-corrected chi connectivity index (χ0v) is 21.7. The molecule has 0 spiro atoms. The summed E-state index contributed by atoms with van der Waals surface area (Å²) in [5.41, 5.74) is 2.08. The fourth-order valence-electron chi connectivity index (χ4n) is 4.11. The first-order valence-electron chi connectivity index (χ1n) is 10.5. The van der Waals surface area contributed by atoms with Crippen molar-refractivity contribution in [2.24, 2.45) is 0 Å². The highest BCUT2D eigenvalue weighted by Gasteiger charge is 2.42. The van der Waals surface area contributed by atoms with Gasteiger partial charge in [-0.25, -0.2) is 21.6 Å². The Hall–Kier alpha value is -1.94. The molecular formula is C24H24Cl2N2O4S2. The van der Waals surface area contributed by atoms with E-state index in [0.717, 1.165) is 17.4 Å². The minimum absolute atomic E-state index is 0.0255. The van der Waals surface area contributed by atoms with Crippen molar-refractivity contribution in [3.63, 3.8) is 0 Å². The van der Waals surface area contributed by atoms with Gasteiger partial charge in [0.2, 0.25) is 10.0 Å². The molecule has 2 unspecified atom stereocenters. The van der Waals surface area contributed by atoms with Crippen molar-refractivity contribution in [3.8, 4) is 0 Å². The first-order valence-corrected chi connectivity index (χ1v) is 14.7. The SMILES string of the molecule is CC1C(NS(=O)(=O)c2ccc(S(C)(=O)=O)cc2)CN1C(c1ccc(Cl)cc1)c1ccc(Cl)cc1. The van der Waals surface area contributed by atoms with Gasteiger partial charge in [0.05, 0.1) is 21.9 Å². The Morgan fingerprint density at radius 2 is 1.24 bits per heavy atom. The minimum Gasteiger partial charge on any atom is -0.286 e. The molecular weight excluding hydrogens is 515 g/mol. The summed E-state index contributed by atoms with van der Waals surface area (Å²) in [5.74, 6) is 0. The van der Waals surface area contributed by atoms with Crippen LogP contribution >= 0.6 is 23.2 Å². The van der Waals surface area contributed by atoms with Gasteiger partial charge in [0, 0.05) is 28.9 Å². The molecule has 1 heterocycles. The highest BCUT2D eigenvalue weighted by Crippen LogP contribution is 2.37. The van der Waals surface area contributed by atoms with Crippen LogP contribution in [0.5, 0.6) is 0 Å². The minimum atomic E-state index is -3.81. The van der Waals surface area contributed by atoms with Gasteiger partial charge >= 0.3 is 0 Å². The summed E-state index contributed by atoms with van der Waals surface area (Å²) in [6.45, 7) is 2.47. The lowest BCUT2D eigenvalue weighted by atomic mass is 9.89. The van der Waals surface area contributed by atoms with E-state index < -0.39 is 19.9 Å². The number of rotatable bonds is 7. The highest BCUT2D eigenvalue weighted by atomic mass is 35.5. The van der Waals surface area contributed by atoms with E-state index in [-0.39, 0.29) is 27.9 Å². The van der Waals surface area contributed by atoms with Crippen LogP contribution in [0.4, 0.5) is 0 Å². The van der Waals surface area contributed by atoms with Gasteiger partial charge in [0.1, 0.15) is 0 Å². The molecule has 3 aromatic rings. The second-order valence-corrected chi connectivity index (χ2v) is 13.0. The van der Waals surface area contributed by atoms with E-state index in [2.05, 4.69) is 9.62 Å². The maximum absolute atomic E-state index is 12.9. The van der Waals surface area contributed by atoms with Crippen LogP contribution in [0.2, 0.25) is 10.0 Å². The average Bonchev–Trinajstić information content (AvgIpc) is 2.79. The lowest BCUT2D eigenvalue weighted by Crippen LogP contribution is -2.66. The fourth-order valence-corrected chi connectivity index (χ4v) is 6.30. The number of hydrogen-bond acceptors (Lipinski definition) is 5. The summed E-state index contributed by atoms with van der Waals surface area (Å²) in [7, 11) is -7.22. The normalized spacial score (nSPS) is 19.2. The molecule has 1 saturated heterocycles. The predicted molar refractivity (Wildman–Crippen MR) is 135 cm³/mol. The van der Waals surface area contributed by atoms with Gasteiger partial charge in [-0.2, -0.15) is 0 Å². The van der Waals surface area contributed by atoms with Crippen molar-refractivity contribution >= 4 is 43.1 Å². The fraction of sp³-hybridized carbons (Fsp3) is 0.250. The molecule has 1 aliphatic heterocycles. The molecule has 0 saturated carbocycles. The predicted octanol–water partition coefficient (Wildman–Crippen LogP) is 4.54. The third kappa shape index (κ3) is 5.32. The molecule has 34 heavy (non-hydrogen) atoms. The van der Waals surface area contributed by atoms with Crippen molar-refractivity contribution in [2.45, 2.75) is 34.8 Å². The van der Waals surface area contributed by atoms with E-state index in [4.69, 9.17) is 23.2 Å². The van der Waals surface area contributed by atoms with E-state index in [1.807, 2.05) is 55.5 Å². The van der Waals surface area contributed by atoms with Crippen LogP contribution in [0.15, 0.2) is 82.6 Å². The lowest BCUT2D eigenvalue weighted by Gasteiger charge is -2.50. The van der Waals surface area contributed by atoms with Crippen LogP contribution in [0.25, 0.3) is 0 Å².